The maximum absolute atomic E-state index is 13.1. The molecule has 1 unspecified atom stereocenters. The second-order valence-corrected chi connectivity index (χ2v) is 4.80. The quantitative estimate of drug-likeness (QED) is 0.895. The fourth-order valence-corrected chi connectivity index (χ4v) is 1.94. The molecular weight excluding hydrogens is 303 g/mol. The van der Waals surface area contributed by atoms with E-state index in [-0.39, 0.29) is 11.1 Å². The van der Waals surface area contributed by atoms with Crippen molar-refractivity contribution in [2.75, 3.05) is 0 Å². The molecule has 0 aliphatic heterocycles. The van der Waals surface area contributed by atoms with Gasteiger partial charge in [0.1, 0.15) is 0 Å². The molecular formula is C15H11ClF3NO. The number of alkyl halides is 3. The SMILES string of the molecule is O=C(NC(c1ccccc1)C(F)(F)F)c1ccc(Cl)cc1. The van der Waals surface area contributed by atoms with E-state index in [0.29, 0.717) is 5.02 Å². The summed E-state index contributed by atoms with van der Waals surface area (Å²) >= 11 is 5.68. The Hall–Kier alpha value is -2.01. The minimum absolute atomic E-state index is 0.0210. The van der Waals surface area contributed by atoms with E-state index in [1.54, 1.807) is 6.07 Å². The van der Waals surface area contributed by atoms with Crippen molar-refractivity contribution in [1.82, 2.24) is 5.32 Å². The van der Waals surface area contributed by atoms with Gasteiger partial charge in [-0.05, 0) is 29.8 Å². The molecule has 1 N–H and O–H groups in total. The smallest absolute Gasteiger partial charge is 0.337 e. The molecule has 0 aliphatic rings. The topological polar surface area (TPSA) is 29.1 Å². The predicted octanol–water partition coefficient (Wildman–Crippen LogP) is 4.37. The van der Waals surface area contributed by atoms with Gasteiger partial charge in [-0.2, -0.15) is 13.2 Å². The summed E-state index contributed by atoms with van der Waals surface area (Å²) < 4.78 is 39.3. The predicted molar refractivity (Wildman–Crippen MR) is 74.2 cm³/mol. The fraction of sp³-hybridized carbons (Fsp3) is 0.133. The van der Waals surface area contributed by atoms with Gasteiger partial charge in [0, 0.05) is 10.6 Å². The Bertz CT molecular complexity index is 611. The maximum atomic E-state index is 13.1. The van der Waals surface area contributed by atoms with Crippen LogP contribution in [0.25, 0.3) is 0 Å². The normalized spacial score (nSPS) is 12.8. The summed E-state index contributed by atoms with van der Waals surface area (Å²) in [5, 5.41) is 2.41. The van der Waals surface area contributed by atoms with Crippen molar-refractivity contribution >= 4 is 17.5 Å². The first-order chi connectivity index (χ1) is 9.88. The van der Waals surface area contributed by atoms with Crippen LogP contribution in [-0.2, 0) is 0 Å². The summed E-state index contributed by atoms with van der Waals surface area (Å²) in [4.78, 5) is 11.9. The Kier molecular flexibility index (Phi) is 4.53. The maximum Gasteiger partial charge on any atom is 0.412 e. The van der Waals surface area contributed by atoms with Gasteiger partial charge in [0.15, 0.2) is 6.04 Å². The van der Waals surface area contributed by atoms with Gasteiger partial charge in [0.2, 0.25) is 0 Å². The first-order valence-corrected chi connectivity index (χ1v) is 6.44. The lowest BCUT2D eigenvalue weighted by molar-refractivity contribution is -0.155. The highest BCUT2D eigenvalue weighted by Gasteiger charge is 2.41. The van der Waals surface area contributed by atoms with E-state index in [2.05, 4.69) is 0 Å². The van der Waals surface area contributed by atoms with Gasteiger partial charge in [-0.1, -0.05) is 41.9 Å². The molecule has 0 aromatic heterocycles. The molecule has 2 aromatic rings. The first kappa shape index (κ1) is 15.4. The van der Waals surface area contributed by atoms with Gasteiger partial charge in [-0.25, -0.2) is 0 Å². The summed E-state index contributed by atoms with van der Waals surface area (Å²) in [5.74, 6) is -0.808. The van der Waals surface area contributed by atoms with E-state index in [9.17, 15) is 18.0 Å². The molecule has 2 nitrogen and oxygen atoms in total. The Morgan fingerprint density at radius 3 is 2.10 bits per heavy atom. The van der Waals surface area contributed by atoms with Crippen molar-refractivity contribution < 1.29 is 18.0 Å². The van der Waals surface area contributed by atoms with Crippen LogP contribution in [-0.4, -0.2) is 12.1 Å². The van der Waals surface area contributed by atoms with Gasteiger partial charge in [-0.15, -0.1) is 0 Å². The van der Waals surface area contributed by atoms with Crippen LogP contribution in [0.1, 0.15) is 22.0 Å². The van der Waals surface area contributed by atoms with E-state index in [0.717, 1.165) is 0 Å². The third-order valence-corrected chi connectivity index (χ3v) is 3.09. The van der Waals surface area contributed by atoms with Crippen molar-refractivity contribution in [1.29, 1.82) is 0 Å². The monoisotopic (exact) mass is 313 g/mol. The Morgan fingerprint density at radius 1 is 1.00 bits per heavy atom. The molecule has 0 heterocycles. The molecule has 0 bridgehead atoms. The molecule has 0 spiro atoms. The summed E-state index contributed by atoms with van der Waals surface area (Å²) in [6.45, 7) is 0. The average molecular weight is 314 g/mol. The first-order valence-electron chi connectivity index (χ1n) is 6.06. The number of amides is 1. The number of carbonyl (C=O) groups is 1. The molecule has 0 aliphatic carbocycles. The van der Waals surface area contributed by atoms with Gasteiger partial charge in [0.25, 0.3) is 5.91 Å². The zero-order chi connectivity index (χ0) is 15.5. The highest BCUT2D eigenvalue weighted by Crippen LogP contribution is 2.32. The highest BCUT2D eigenvalue weighted by atomic mass is 35.5. The average Bonchev–Trinajstić information content (AvgIpc) is 2.45. The Balaban J connectivity index is 2.24. The molecule has 21 heavy (non-hydrogen) atoms. The zero-order valence-electron chi connectivity index (χ0n) is 10.7. The third kappa shape index (κ3) is 3.98. The van der Waals surface area contributed by atoms with Crippen LogP contribution < -0.4 is 5.32 Å². The number of hydrogen-bond donors (Lipinski definition) is 1. The lowest BCUT2D eigenvalue weighted by Gasteiger charge is -2.22. The third-order valence-electron chi connectivity index (χ3n) is 2.84. The summed E-state index contributed by atoms with van der Waals surface area (Å²) in [7, 11) is 0. The van der Waals surface area contributed by atoms with Crippen molar-refractivity contribution in [3.63, 3.8) is 0 Å². The van der Waals surface area contributed by atoms with Gasteiger partial charge < -0.3 is 5.32 Å². The summed E-state index contributed by atoms with van der Waals surface area (Å²) in [6, 6.07) is 10.8. The minimum atomic E-state index is -4.58. The van der Waals surface area contributed by atoms with Gasteiger partial charge in [0.05, 0.1) is 0 Å². The number of hydrogen-bond acceptors (Lipinski definition) is 1. The van der Waals surface area contributed by atoms with Gasteiger partial charge in [-0.3, -0.25) is 4.79 Å². The molecule has 0 radical (unpaired) electrons. The zero-order valence-corrected chi connectivity index (χ0v) is 11.4. The van der Waals surface area contributed by atoms with Crippen LogP contribution >= 0.6 is 11.6 Å². The van der Waals surface area contributed by atoms with E-state index in [1.165, 1.54) is 48.5 Å². The van der Waals surface area contributed by atoms with Crippen LogP contribution in [0.5, 0.6) is 0 Å². The van der Waals surface area contributed by atoms with E-state index in [1.807, 2.05) is 5.32 Å². The van der Waals surface area contributed by atoms with Crippen molar-refractivity contribution in [2.24, 2.45) is 0 Å². The summed E-state index contributed by atoms with van der Waals surface area (Å²) in [5.41, 5.74) is 0.0943. The lowest BCUT2D eigenvalue weighted by Crippen LogP contribution is -2.38. The number of nitrogens with one attached hydrogen (secondary N) is 1. The molecule has 1 amide bonds. The van der Waals surface area contributed by atoms with Gasteiger partial charge >= 0.3 is 6.18 Å². The minimum Gasteiger partial charge on any atom is -0.337 e. The van der Waals surface area contributed by atoms with Crippen LogP contribution in [0.4, 0.5) is 13.2 Å². The fourth-order valence-electron chi connectivity index (χ4n) is 1.82. The standard InChI is InChI=1S/C15H11ClF3NO/c16-12-8-6-11(7-9-12)14(21)20-13(15(17,18)19)10-4-2-1-3-5-10/h1-9,13H,(H,20,21). The molecule has 2 rings (SSSR count). The molecule has 2 aromatic carbocycles. The van der Waals surface area contributed by atoms with E-state index >= 15 is 0 Å². The number of carbonyl (C=O) groups excluding carboxylic acids is 1. The molecule has 0 fully saturated rings. The second-order valence-electron chi connectivity index (χ2n) is 4.37. The Labute approximate surface area is 124 Å². The van der Waals surface area contributed by atoms with Crippen LogP contribution in [0, 0.1) is 0 Å². The molecule has 1 atom stereocenters. The van der Waals surface area contributed by atoms with Crippen LogP contribution in [0.15, 0.2) is 54.6 Å². The molecule has 0 saturated heterocycles. The van der Waals surface area contributed by atoms with E-state index in [4.69, 9.17) is 11.6 Å². The largest absolute Gasteiger partial charge is 0.412 e. The Morgan fingerprint density at radius 2 is 1.57 bits per heavy atom. The second kappa shape index (κ2) is 6.18. The van der Waals surface area contributed by atoms with Crippen molar-refractivity contribution in [2.45, 2.75) is 12.2 Å². The van der Waals surface area contributed by atoms with E-state index < -0.39 is 18.1 Å². The van der Waals surface area contributed by atoms with Crippen molar-refractivity contribution in [3.05, 3.63) is 70.7 Å². The molecule has 6 heteroatoms. The summed E-state index contributed by atoms with van der Waals surface area (Å²) in [6.07, 6.45) is -4.58. The number of benzene rings is 2. The van der Waals surface area contributed by atoms with Crippen LogP contribution in [0.3, 0.4) is 0 Å². The molecule has 0 saturated carbocycles. The number of halogens is 4. The lowest BCUT2D eigenvalue weighted by atomic mass is 10.1. The highest BCUT2D eigenvalue weighted by molar-refractivity contribution is 6.30. The van der Waals surface area contributed by atoms with Crippen LogP contribution in [0.2, 0.25) is 5.02 Å². The van der Waals surface area contributed by atoms with Crippen molar-refractivity contribution in [3.8, 4) is 0 Å². The molecule has 110 valence electrons. The number of rotatable bonds is 3.